The van der Waals surface area contributed by atoms with Crippen LogP contribution in [-0.2, 0) is 11.3 Å². The zero-order valence-corrected chi connectivity index (χ0v) is 10.1. The maximum atomic E-state index is 11.3. The molecule has 0 aromatic carbocycles. The number of likely N-dealkylation sites (tertiary alicyclic amines) is 1. The molecule has 0 radical (unpaired) electrons. The second-order valence-electron chi connectivity index (χ2n) is 4.18. The minimum absolute atomic E-state index is 0.153. The number of nitrogens with one attached hydrogen (secondary N) is 1. The molecule has 2 heterocycles. The van der Waals surface area contributed by atoms with Crippen LogP contribution in [0.15, 0.2) is 18.3 Å². The van der Waals surface area contributed by atoms with Crippen molar-refractivity contribution >= 4 is 5.91 Å². The highest BCUT2D eigenvalue weighted by atomic mass is 16.5. The Morgan fingerprint density at radius 2 is 2.35 bits per heavy atom. The molecule has 1 fully saturated rings. The maximum Gasteiger partial charge on any atom is 0.269 e. The van der Waals surface area contributed by atoms with Gasteiger partial charge in [-0.2, -0.15) is 0 Å². The molecule has 0 atom stereocenters. The molecule has 0 saturated carbocycles. The van der Waals surface area contributed by atoms with Gasteiger partial charge in [-0.25, -0.2) is 0 Å². The van der Waals surface area contributed by atoms with E-state index >= 15 is 0 Å². The van der Waals surface area contributed by atoms with Crippen LogP contribution in [0.4, 0.5) is 0 Å². The average Bonchev–Trinajstić information content (AvgIpc) is 2.33. The van der Waals surface area contributed by atoms with Gasteiger partial charge in [0.2, 0.25) is 0 Å². The van der Waals surface area contributed by atoms with Crippen LogP contribution >= 0.6 is 0 Å². The minimum atomic E-state index is -0.153. The predicted octanol–water partition coefficient (Wildman–Crippen LogP) is 0.272. The fourth-order valence-corrected chi connectivity index (χ4v) is 1.84. The van der Waals surface area contributed by atoms with Crippen LogP contribution in [0.25, 0.3) is 0 Å². The largest absolute Gasteiger partial charge is 0.379 e. The van der Waals surface area contributed by atoms with Gasteiger partial charge in [-0.1, -0.05) is 6.07 Å². The molecule has 1 aromatic rings. The fraction of sp³-hybridized carbons (Fsp3) is 0.500. The second-order valence-corrected chi connectivity index (χ2v) is 4.18. The molecule has 92 valence electrons. The molecule has 5 heteroatoms. The number of rotatable bonds is 4. The van der Waals surface area contributed by atoms with Crippen LogP contribution in [0.5, 0.6) is 0 Å². The summed E-state index contributed by atoms with van der Waals surface area (Å²) in [5, 5.41) is 2.55. The lowest BCUT2D eigenvalue weighted by Gasteiger charge is -2.38. The summed E-state index contributed by atoms with van der Waals surface area (Å²) in [4.78, 5) is 17.7. The third-order valence-electron chi connectivity index (χ3n) is 2.95. The third-order valence-corrected chi connectivity index (χ3v) is 2.95. The highest BCUT2D eigenvalue weighted by molar-refractivity contribution is 5.91. The summed E-state index contributed by atoms with van der Waals surface area (Å²) in [7, 11) is 3.34. The van der Waals surface area contributed by atoms with E-state index in [0.29, 0.717) is 11.8 Å². The topological polar surface area (TPSA) is 54.5 Å². The molecule has 0 aliphatic carbocycles. The molecule has 0 spiro atoms. The van der Waals surface area contributed by atoms with Gasteiger partial charge in [-0.05, 0) is 11.6 Å². The lowest BCUT2D eigenvalue weighted by Crippen LogP contribution is -2.50. The molecular formula is C12H17N3O2. The van der Waals surface area contributed by atoms with Crippen molar-refractivity contribution in [3.8, 4) is 0 Å². The SMILES string of the molecule is CNC(=O)c1ccc(CN2CC(OC)C2)cn1. The van der Waals surface area contributed by atoms with E-state index in [0.717, 1.165) is 25.2 Å². The highest BCUT2D eigenvalue weighted by Crippen LogP contribution is 2.14. The van der Waals surface area contributed by atoms with Gasteiger partial charge in [0.15, 0.2) is 0 Å². The van der Waals surface area contributed by atoms with E-state index in [2.05, 4.69) is 15.2 Å². The lowest BCUT2D eigenvalue weighted by atomic mass is 10.1. The first kappa shape index (κ1) is 12.0. The molecule has 5 nitrogen and oxygen atoms in total. The van der Waals surface area contributed by atoms with Crippen LogP contribution in [0, 0.1) is 0 Å². The van der Waals surface area contributed by atoms with Crippen LogP contribution in [0.1, 0.15) is 16.1 Å². The third kappa shape index (κ3) is 2.81. The number of hydrogen-bond donors (Lipinski definition) is 1. The number of carbonyl (C=O) groups excluding carboxylic acids is 1. The van der Waals surface area contributed by atoms with E-state index in [1.807, 2.05) is 6.07 Å². The molecule has 17 heavy (non-hydrogen) atoms. The summed E-state index contributed by atoms with van der Waals surface area (Å²) < 4.78 is 5.21. The van der Waals surface area contributed by atoms with E-state index in [-0.39, 0.29) is 5.91 Å². The quantitative estimate of drug-likeness (QED) is 0.814. The highest BCUT2D eigenvalue weighted by Gasteiger charge is 2.25. The summed E-state index contributed by atoms with van der Waals surface area (Å²) >= 11 is 0. The minimum Gasteiger partial charge on any atom is -0.379 e. The number of hydrogen-bond acceptors (Lipinski definition) is 4. The van der Waals surface area contributed by atoms with Crippen molar-refractivity contribution in [2.75, 3.05) is 27.2 Å². The smallest absolute Gasteiger partial charge is 0.269 e. The van der Waals surface area contributed by atoms with Crippen LogP contribution in [0.2, 0.25) is 0 Å². The molecule has 1 aromatic heterocycles. The van der Waals surface area contributed by atoms with Crippen molar-refractivity contribution in [3.05, 3.63) is 29.6 Å². The summed E-state index contributed by atoms with van der Waals surface area (Å²) in [6, 6.07) is 3.69. The van der Waals surface area contributed by atoms with Crippen molar-refractivity contribution in [1.82, 2.24) is 15.2 Å². The standard InChI is InChI=1S/C12H17N3O2/c1-13-12(16)11-4-3-9(5-14-11)6-15-7-10(8-15)17-2/h3-5,10H,6-8H2,1-2H3,(H,13,16). The number of aromatic nitrogens is 1. The Morgan fingerprint density at radius 1 is 1.59 bits per heavy atom. The number of carbonyl (C=O) groups is 1. The zero-order chi connectivity index (χ0) is 12.3. The molecule has 0 bridgehead atoms. The predicted molar refractivity (Wildman–Crippen MR) is 63.7 cm³/mol. The summed E-state index contributed by atoms with van der Waals surface area (Å²) in [6.45, 7) is 2.79. The Balaban J connectivity index is 1.88. The van der Waals surface area contributed by atoms with Crippen LogP contribution in [0.3, 0.4) is 0 Å². The van der Waals surface area contributed by atoms with Crippen LogP contribution < -0.4 is 5.32 Å². The Bertz CT molecular complexity index is 385. The molecular weight excluding hydrogens is 218 g/mol. The van der Waals surface area contributed by atoms with Crippen molar-refractivity contribution in [3.63, 3.8) is 0 Å². The van der Waals surface area contributed by atoms with E-state index in [1.54, 1.807) is 26.4 Å². The van der Waals surface area contributed by atoms with Crippen LogP contribution in [-0.4, -0.2) is 49.1 Å². The van der Waals surface area contributed by atoms with Gasteiger partial charge in [0.25, 0.3) is 5.91 Å². The van der Waals surface area contributed by atoms with E-state index in [1.165, 1.54) is 0 Å². The number of amides is 1. The molecule has 1 saturated heterocycles. The summed E-state index contributed by atoms with van der Waals surface area (Å²) in [5.74, 6) is -0.153. The van der Waals surface area contributed by atoms with Gasteiger partial charge >= 0.3 is 0 Å². The second kappa shape index (κ2) is 5.25. The van der Waals surface area contributed by atoms with Gasteiger partial charge in [-0.3, -0.25) is 14.7 Å². The number of pyridine rings is 1. The first-order valence-corrected chi connectivity index (χ1v) is 5.65. The molecule has 1 aliphatic rings. The first-order valence-electron chi connectivity index (χ1n) is 5.65. The monoisotopic (exact) mass is 235 g/mol. The number of methoxy groups -OCH3 is 1. The molecule has 1 N–H and O–H groups in total. The Kier molecular flexibility index (Phi) is 3.71. The molecule has 1 amide bonds. The normalized spacial score (nSPS) is 16.6. The Morgan fingerprint density at radius 3 is 2.88 bits per heavy atom. The molecule has 2 rings (SSSR count). The lowest BCUT2D eigenvalue weighted by molar-refractivity contribution is -0.0334. The Labute approximate surface area is 101 Å². The van der Waals surface area contributed by atoms with Crippen molar-refractivity contribution < 1.29 is 9.53 Å². The van der Waals surface area contributed by atoms with E-state index < -0.39 is 0 Å². The molecule has 1 aliphatic heterocycles. The van der Waals surface area contributed by atoms with Gasteiger partial charge in [0, 0.05) is 40.0 Å². The van der Waals surface area contributed by atoms with Gasteiger partial charge in [0.1, 0.15) is 5.69 Å². The van der Waals surface area contributed by atoms with Gasteiger partial charge < -0.3 is 10.1 Å². The summed E-state index contributed by atoms with van der Waals surface area (Å²) in [6.07, 6.45) is 2.12. The Hall–Kier alpha value is -1.46. The maximum absolute atomic E-state index is 11.3. The fourth-order valence-electron chi connectivity index (χ4n) is 1.84. The average molecular weight is 235 g/mol. The van der Waals surface area contributed by atoms with Crippen molar-refractivity contribution in [2.24, 2.45) is 0 Å². The van der Waals surface area contributed by atoms with E-state index in [4.69, 9.17) is 4.74 Å². The van der Waals surface area contributed by atoms with E-state index in [9.17, 15) is 4.79 Å². The summed E-state index contributed by atoms with van der Waals surface area (Å²) in [5.41, 5.74) is 1.57. The van der Waals surface area contributed by atoms with Gasteiger partial charge in [0.05, 0.1) is 6.10 Å². The number of nitrogens with zero attached hydrogens (tertiary/aromatic N) is 2. The van der Waals surface area contributed by atoms with Crippen molar-refractivity contribution in [2.45, 2.75) is 12.6 Å². The van der Waals surface area contributed by atoms with Crippen molar-refractivity contribution in [1.29, 1.82) is 0 Å². The number of ether oxygens (including phenoxy) is 1. The first-order chi connectivity index (χ1) is 8.22. The zero-order valence-electron chi connectivity index (χ0n) is 10.1. The van der Waals surface area contributed by atoms with Gasteiger partial charge in [-0.15, -0.1) is 0 Å². The molecule has 0 unspecified atom stereocenters.